The quantitative estimate of drug-likeness (QED) is 0.384. The number of hydrogen-bond donors (Lipinski definition) is 1. The summed E-state index contributed by atoms with van der Waals surface area (Å²) in [6.45, 7) is 1.66. The molecule has 0 atom stereocenters. The molecule has 5 nitrogen and oxygen atoms in total. The van der Waals surface area contributed by atoms with E-state index in [4.69, 9.17) is 16.0 Å². The van der Waals surface area contributed by atoms with E-state index in [0.717, 1.165) is 6.07 Å². The monoisotopic (exact) mass is 477 g/mol. The molecule has 0 saturated carbocycles. The van der Waals surface area contributed by atoms with Gasteiger partial charge in [0.2, 0.25) is 5.89 Å². The molecule has 0 aliphatic carbocycles. The predicted octanol–water partition coefficient (Wildman–Crippen LogP) is 6.14. The number of halogens is 4. The second-order valence-electron chi connectivity index (χ2n) is 6.18. The lowest BCUT2D eigenvalue weighted by Crippen LogP contribution is -2.15. The highest BCUT2D eigenvalue weighted by molar-refractivity contribution is 9.10. The molecule has 0 aliphatic heterocycles. The summed E-state index contributed by atoms with van der Waals surface area (Å²) in [6.07, 6.45) is 1.57. The Bertz CT molecular complexity index is 1280. The fourth-order valence-corrected chi connectivity index (χ4v) is 3.30. The van der Waals surface area contributed by atoms with Crippen LogP contribution >= 0.6 is 27.5 Å². The van der Waals surface area contributed by atoms with E-state index in [1.807, 2.05) is 0 Å². The van der Waals surface area contributed by atoms with Gasteiger partial charge in [-0.25, -0.2) is 13.8 Å². The fraction of sp³-hybridized carbons (Fsp3) is 0.0500. The number of oxazole rings is 1. The maximum Gasteiger partial charge on any atom is 0.258 e. The van der Waals surface area contributed by atoms with Gasteiger partial charge >= 0.3 is 0 Å². The van der Waals surface area contributed by atoms with Gasteiger partial charge in [-0.1, -0.05) is 17.7 Å². The molecule has 1 amide bonds. The minimum Gasteiger partial charge on any atom is -0.434 e. The molecule has 0 fully saturated rings. The third kappa shape index (κ3) is 3.73. The van der Waals surface area contributed by atoms with Crippen molar-refractivity contribution in [2.45, 2.75) is 6.92 Å². The van der Waals surface area contributed by atoms with Gasteiger partial charge < -0.3 is 9.73 Å². The predicted molar refractivity (Wildman–Crippen MR) is 109 cm³/mol. The Labute approximate surface area is 176 Å². The Morgan fingerprint density at radius 3 is 2.83 bits per heavy atom. The zero-order valence-electron chi connectivity index (χ0n) is 14.8. The summed E-state index contributed by atoms with van der Waals surface area (Å²) in [7, 11) is 0. The van der Waals surface area contributed by atoms with Crippen molar-refractivity contribution >= 4 is 50.4 Å². The Morgan fingerprint density at radius 1 is 1.24 bits per heavy atom. The molecule has 1 N–H and O–H groups in total. The molecule has 2 aromatic heterocycles. The second kappa shape index (κ2) is 7.53. The van der Waals surface area contributed by atoms with Gasteiger partial charge in [-0.2, -0.15) is 4.98 Å². The number of aromatic nitrogens is 2. The highest BCUT2D eigenvalue weighted by Crippen LogP contribution is 2.32. The van der Waals surface area contributed by atoms with Gasteiger partial charge in [-0.05, 0) is 52.7 Å². The molecule has 0 spiro atoms. The summed E-state index contributed by atoms with van der Waals surface area (Å²) in [4.78, 5) is 20.9. The average Bonchev–Trinajstić information content (AvgIpc) is 3.09. The number of hydrogen-bond acceptors (Lipinski definition) is 4. The maximum absolute atomic E-state index is 14.3. The molecular formula is C20H11BrClF2N3O2. The van der Waals surface area contributed by atoms with Crippen LogP contribution in [0.3, 0.4) is 0 Å². The van der Waals surface area contributed by atoms with E-state index in [9.17, 15) is 13.6 Å². The SMILES string of the molecule is Cc1c(NC(=O)c2cccc(Cl)c2F)cc(F)cc1-c1nc2ncc(Br)cc2o1. The topological polar surface area (TPSA) is 68.0 Å². The first-order chi connectivity index (χ1) is 13.8. The molecule has 0 bridgehead atoms. The van der Waals surface area contributed by atoms with Crippen molar-refractivity contribution in [3.8, 4) is 11.5 Å². The van der Waals surface area contributed by atoms with E-state index in [1.165, 1.54) is 24.3 Å². The minimum absolute atomic E-state index is 0.145. The molecule has 0 unspecified atom stereocenters. The lowest BCUT2D eigenvalue weighted by Gasteiger charge is -2.12. The van der Waals surface area contributed by atoms with Crippen LogP contribution in [0, 0.1) is 18.6 Å². The Morgan fingerprint density at radius 2 is 2.03 bits per heavy atom. The van der Waals surface area contributed by atoms with Gasteiger partial charge in [0, 0.05) is 28.0 Å². The van der Waals surface area contributed by atoms with Crippen molar-refractivity contribution in [1.82, 2.24) is 9.97 Å². The summed E-state index contributed by atoms with van der Waals surface area (Å²) >= 11 is 9.03. The second-order valence-corrected chi connectivity index (χ2v) is 7.50. The Balaban J connectivity index is 1.75. The summed E-state index contributed by atoms with van der Waals surface area (Å²) in [6, 6.07) is 8.14. The molecule has 4 rings (SSSR count). The molecule has 0 aliphatic rings. The van der Waals surface area contributed by atoms with Crippen LogP contribution in [0.4, 0.5) is 14.5 Å². The van der Waals surface area contributed by atoms with Crippen molar-refractivity contribution in [2.75, 3.05) is 5.32 Å². The molecular weight excluding hydrogens is 468 g/mol. The van der Waals surface area contributed by atoms with E-state index in [1.54, 1.807) is 19.2 Å². The van der Waals surface area contributed by atoms with Crippen LogP contribution < -0.4 is 5.32 Å². The average molecular weight is 479 g/mol. The van der Waals surface area contributed by atoms with E-state index < -0.39 is 17.5 Å². The zero-order chi connectivity index (χ0) is 20.7. The van der Waals surface area contributed by atoms with Crippen molar-refractivity contribution in [3.05, 3.63) is 74.9 Å². The van der Waals surface area contributed by atoms with Crippen molar-refractivity contribution in [1.29, 1.82) is 0 Å². The number of anilines is 1. The largest absolute Gasteiger partial charge is 0.434 e. The number of carbonyl (C=O) groups is 1. The summed E-state index contributed by atoms with van der Waals surface area (Å²) < 4.78 is 34.8. The van der Waals surface area contributed by atoms with Crippen LogP contribution in [0.15, 0.2) is 51.5 Å². The third-order valence-electron chi connectivity index (χ3n) is 4.26. The molecule has 2 aromatic carbocycles. The van der Waals surface area contributed by atoms with Crippen molar-refractivity contribution in [2.24, 2.45) is 0 Å². The number of nitrogens with one attached hydrogen (secondary N) is 1. The number of benzene rings is 2. The van der Waals surface area contributed by atoms with Gasteiger partial charge in [0.15, 0.2) is 17.0 Å². The number of fused-ring (bicyclic) bond motifs is 1. The van der Waals surface area contributed by atoms with E-state index in [2.05, 4.69) is 31.2 Å². The van der Waals surface area contributed by atoms with Crippen molar-refractivity contribution < 1.29 is 18.0 Å². The smallest absolute Gasteiger partial charge is 0.258 e. The van der Waals surface area contributed by atoms with Crippen molar-refractivity contribution in [3.63, 3.8) is 0 Å². The molecule has 0 saturated heterocycles. The van der Waals surface area contributed by atoms with Gasteiger partial charge in [0.25, 0.3) is 5.91 Å². The van der Waals surface area contributed by atoms with Crippen LogP contribution in [0.25, 0.3) is 22.7 Å². The molecule has 146 valence electrons. The highest BCUT2D eigenvalue weighted by atomic mass is 79.9. The summed E-state index contributed by atoms with van der Waals surface area (Å²) in [5.74, 6) is -2.08. The first-order valence-corrected chi connectivity index (χ1v) is 9.48. The van der Waals surface area contributed by atoms with Gasteiger partial charge in [0.1, 0.15) is 5.82 Å². The maximum atomic E-state index is 14.3. The molecule has 29 heavy (non-hydrogen) atoms. The van der Waals surface area contributed by atoms with E-state index in [-0.39, 0.29) is 22.2 Å². The highest BCUT2D eigenvalue weighted by Gasteiger charge is 2.19. The van der Waals surface area contributed by atoms with Crippen LogP contribution in [0.5, 0.6) is 0 Å². The standard InChI is InChI=1S/C20H11BrClF2N3O2/c1-9-13(20-27-18-16(29-20)5-10(21)8-25-18)6-11(23)7-15(9)26-19(28)12-3-2-4-14(22)17(12)24/h2-8H,1H3,(H,26,28). The molecule has 0 radical (unpaired) electrons. The summed E-state index contributed by atoms with van der Waals surface area (Å²) in [5.41, 5.74) is 1.51. The fourth-order valence-electron chi connectivity index (χ4n) is 2.81. The lowest BCUT2D eigenvalue weighted by atomic mass is 10.1. The Kier molecular flexibility index (Phi) is 5.06. The number of rotatable bonds is 3. The lowest BCUT2D eigenvalue weighted by molar-refractivity contribution is 0.102. The third-order valence-corrected chi connectivity index (χ3v) is 4.99. The van der Waals surface area contributed by atoms with Gasteiger partial charge in [0.05, 0.1) is 10.6 Å². The number of carbonyl (C=O) groups excluding carboxylic acids is 1. The minimum atomic E-state index is -0.850. The number of pyridine rings is 1. The van der Waals surface area contributed by atoms with Crippen LogP contribution in [-0.4, -0.2) is 15.9 Å². The van der Waals surface area contributed by atoms with Crippen LogP contribution in [0.1, 0.15) is 15.9 Å². The van der Waals surface area contributed by atoms with Crippen LogP contribution in [-0.2, 0) is 0 Å². The van der Waals surface area contributed by atoms with Gasteiger partial charge in [-0.3, -0.25) is 4.79 Å². The first-order valence-electron chi connectivity index (χ1n) is 8.31. The zero-order valence-corrected chi connectivity index (χ0v) is 17.1. The Hall–Kier alpha value is -2.84. The van der Waals surface area contributed by atoms with Gasteiger partial charge in [-0.15, -0.1) is 0 Å². The summed E-state index contributed by atoms with van der Waals surface area (Å²) in [5, 5.41) is 2.34. The molecule has 9 heteroatoms. The molecule has 2 heterocycles. The van der Waals surface area contributed by atoms with E-state index in [0.29, 0.717) is 26.8 Å². The normalized spacial score (nSPS) is 11.1. The van der Waals surface area contributed by atoms with E-state index >= 15 is 0 Å². The number of amides is 1. The first kappa shape index (κ1) is 19.5. The van der Waals surface area contributed by atoms with Crippen LogP contribution in [0.2, 0.25) is 5.02 Å². The molecule has 4 aromatic rings. The number of nitrogens with zero attached hydrogens (tertiary/aromatic N) is 2.